The molecular weight excluding hydrogens is 152 g/mol. The van der Waals surface area contributed by atoms with Crippen LogP contribution < -0.4 is 0 Å². The Kier molecular flexibility index (Phi) is 3.12. The van der Waals surface area contributed by atoms with Crippen LogP contribution in [-0.4, -0.2) is 12.6 Å². The van der Waals surface area contributed by atoms with E-state index < -0.39 is 0 Å². The van der Waals surface area contributed by atoms with Crippen molar-refractivity contribution in [2.24, 2.45) is 5.41 Å². The van der Waals surface area contributed by atoms with E-state index in [4.69, 9.17) is 4.74 Å². The minimum Gasteiger partial charge on any atom is -0.465 e. The van der Waals surface area contributed by atoms with Crippen molar-refractivity contribution >= 4 is 5.97 Å². The van der Waals surface area contributed by atoms with Crippen molar-refractivity contribution in [3.8, 4) is 0 Å². The molecule has 0 aromatic rings. The Balaban J connectivity index is 2.46. The second kappa shape index (κ2) is 3.92. The highest BCUT2D eigenvalue weighted by Gasteiger charge is 2.37. The molecule has 1 rings (SSSR count). The topological polar surface area (TPSA) is 26.3 Å². The summed E-state index contributed by atoms with van der Waals surface area (Å²) in [5.74, 6) is -0.00652. The zero-order valence-electron chi connectivity index (χ0n) is 8.06. The van der Waals surface area contributed by atoms with Crippen molar-refractivity contribution < 1.29 is 9.53 Å². The predicted molar refractivity (Wildman–Crippen MR) is 47.8 cm³/mol. The Morgan fingerprint density at radius 1 is 1.50 bits per heavy atom. The molecule has 1 fully saturated rings. The fourth-order valence-corrected chi connectivity index (χ4v) is 1.76. The van der Waals surface area contributed by atoms with Gasteiger partial charge in [0.2, 0.25) is 0 Å². The van der Waals surface area contributed by atoms with Gasteiger partial charge in [-0.2, -0.15) is 0 Å². The first-order chi connectivity index (χ1) is 5.72. The van der Waals surface area contributed by atoms with E-state index in [1.807, 2.05) is 0 Å². The lowest BCUT2D eigenvalue weighted by molar-refractivity contribution is -0.137. The summed E-state index contributed by atoms with van der Waals surface area (Å²) >= 11 is 0. The van der Waals surface area contributed by atoms with Crippen molar-refractivity contribution in [2.75, 3.05) is 6.61 Å². The number of cyclic esters (lactones) is 1. The van der Waals surface area contributed by atoms with Crippen LogP contribution >= 0.6 is 0 Å². The molecule has 1 atom stereocenters. The first-order valence-electron chi connectivity index (χ1n) is 4.88. The van der Waals surface area contributed by atoms with Gasteiger partial charge in [0.25, 0.3) is 0 Å². The number of carbonyl (C=O) groups excluding carboxylic acids is 1. The maximum Gasteiger partial charge on any atom is 0.306 e. The van der Waals surface area contributed by atoms with Crippen LogP contribution in [0.1, 0.15) is 46.0 Å². The lowest BCUT2D eigenvalue weighted by atomic mass is 9.80. The number of unbranched alkanes of at least 4 members (excludes halogenated alkanes) is 1. The first-order valence-corrected chi connectivity index (χ1v) is 4.88. The normalized spacial score (nSPS) is 29.0. The maximum atomic E-state index is 11.0. The molecule has 0 amide bonds. The third kappa shape index (κ3) is 1.99. The Morgan fingerprint density at radius 3 is 2.67 bits per heavy atom. The average molecular weight is 170 g/mol. The standard InChI is InChI=1S/C10H18O2/c1-3-5-6-10(4-2)7-9(11)12-8-10/h3-8H2,1-2H3/t10-/m1/s1. The smallest absolute Gasteiger partial charge is 0.306 e. The minimum atomic E-state index is -0.00652. The number of carbonyl (C=O) groups is 1. The molecule has 0 aromatic heterocycles. The summed E-state index contributed by atoms with van der Waals surface area (Å²) in [7, 11) is 0. The third-order valence-electron chi connectivity index (χ3n) is 2.87. The molecule has 0 bridgehead atoms. The van der Waals surface area contributed by atoms with Crippen molar-refractivity contribution in [3.63, 3.8) is 0 Å². The summed E-state index contributed by atoms with van der Waals surface area (Å²) in [6, 6.07) is 0. The molecule has 1 saturated heterocycles. The summed E-state index contributed by atoms with van der Waals surface area (Å²) in [6.07, 6.45) is 5.27. The Morgan fingerprint density at radius 2 is 2.25 bits per heavy atom. The summed E-state index contributed by atoms with van der Waals surface area (Å²) < 4.78 is 5.02. The van der Waals surface area contributed by atoms with E-state index in [2.05, 4.69) is 13.8 Å². The molecule has 2 heteroatoms. The Bertz CT molecular complexity index is 165. The molecule has 70 valence electrons. The van der Waals surface area contributed by atoms with Crippen LogP contribution in [0.5, 0.6) is 0 Å². The second-order valence-electron chi connectivity index (χ2n) is 3.79. The zero-order valence-corrected chi connectivity index (χ0v) is 8.06. The SMILES string of the molecule is CCCC[C@@]1(CC)COC(=O)C1. The van der Waals surface area contributed by atoms with E-state index >= 15 is 0 Å². The molecular formula is C10H18O2. The van der Waals surface area contributed by atoms with Crippen molar-refractivity contribution in [1.29, 1.82) is 0 Å². The van der Waals surface area contributed by atoms with Gasteiger partial charge >= 0.3 is 5.97 Å². The summed E-state index contributed by atoms with van der Waals surface area (Å²) in [4.78, 5) is 11.0. The van der Waals surface area contributed by atoms with E-state index in [0.717, 1.165) is 12.8 Å². The molecule has 0 unspecified atom stereocenters. The molecule has 1 heterocycles. The summed E-state index contributed by atoms with van der Waals surface area (Å²) in [6.45, 7) is 4.99. The predicted octanol–water partition coefficient (Wildman–Crippen LogP) is 2.52. The lowest BCUT2D eigenvalue weighted by Gasteiger charge is -2.23. The zero-order chi connectivity index (χ0) is 9.03. The van der Waals surface area contributed by atoms with Crippen molar-refractivity contribution in [2.45, 2.75) is 46.0 Å². The van der Waals surface area contributed by atoms with Crippen LogP contribution in [0, 0.1) is 5.41 Å². The number of rotatable bonds is 4. The fourth-order valence-electron chi connectivity index (χ4n) is 1.76. The highest BCUT2D eigenvalue weighted by atomic mass is 16.5. The third-order valence-corrected chi connectivity index (χ3v) is 2.87. The Hall–Kier alpha value is -0.530. The van der Waals surface area contributed by atoms with Gasteiger partial charge in [0.15, 0.2) is 0 Å². The van der Waals surface area contributed by atoms with Gasteiger partial charge in [-0.15, -0.1) is 0 Å². The Labute approximate surface area is 74.3 Å². The van der Waals surface area contributed by atoms with E-state index in [-0.39, 0.29) is 11.4 Å². The molecule has 0 N–H and O–H groups in total. The number of hydrogen-bond acceptors (Lipinski definition) is 2. The molecule has 0 aliphatic carbocycles. The molecule has 0 saturated carbocycles. The number of hydrogen-bond donors (Lipinski definition) is 0. The first kappa shape index (κ1) is 9.56. The van der Waals surface area contributed by atoms with Gasteiger partial charge in [-0.05, 0) is 12.8 Å². The quantitative estimate of drug-likeness (QED) is 0.606. The second-order valence-corrected chi connectivity index (χ2v) is 3.79. The van der Waals surface area contributed by atoms with Crippen LogP contribution in [0.3, 0.4) is 0 Å². The summed E-state index contributed by atoms with van der Waals surface area (Å²) in [5, 5.41) is 0. The molecule has 0 radical (unpaired) electrons. The van der Waals surface area contributed by atoms with Gasteiger partial charge in [0.05, 0.1) is 13.0 Å². The highest BCUT2D eigenvalue weighted by molar-refractivity contribution is 5.72. The molecule has 1 aliphatic rings. The van der Waals surface area contributed by atoms with E-state index in [1.165, 1.54) is 12.8 Å². The van der Waals surface area contributed by atoms with Gasteiger partial charge in [-0.3, -0.25) is 4.79 Å². The van der Waals surface area contributed by atoms with E-state index in [0.29, 0.717) is 13.0 Å². The van der Waals surface area contributed by atoms with Gasteiger partial charge in [0, 0.05) is 5.41 Å². The van der Waals surface area contributed by atoms with Gasteiger partial charge in [0.1, 0.15) is 0 Å². The largest absolute Gasteiger partial charge is 0.465 e. The molecule has 2 nitrogen and oxygen atoms in total. The molecule has 0 aromatic carbocycles. The van der Waals surface area contributed by atoms with Crippen LogP contribution in [0.25, 0.3) is 0 Å². The van der Waals surface area contributed by atoms with Gasteiger partial charge < -0.3 is 4.74 Å². The monoisotopic (exact) mass is 170 g/mol. The van der Waals surface area contributed by atoms with Crippen LogP contribution in [0.2, 0.25) is 0 Å². The number of esters is 1. The van der Waals surface area contributed by atoms with E-state index in [1.54, 1.807) is 0 Å². The van der Waals surface area contributed by atoms with Gasteiger partial charge in [-0.25, -0.2) is 0 Å². The van der Waals surface area contributed by atoms with E-state index in [9.17, 15) is 4.79 Å². The van der Waals surface area contributed by atoms with Gasteiger partial charge in [-0.1, -0.05) is 26.7 Å². The highest BCUT2D eigenvalue weighted by Crippen LogP contribution is 2.37. The van der Waals surface area contributed by atoms with Crippen molar-refractivity contribution in [1.82, 2.24) is 0 Å². The summed E-state index contributed by atoms with van der Waals surface area (Å²) in [5.41, 5.74) is 0.188. The van der Waals surface area contributed by atoms with Crippen LogP contribution in [0.15, 0.2) is 0 Å². The maximum absolute atomic E-state index is 11.0. The molecule has 0 spiro atoms. The van der Waals surface area contributed by atoms with Crippen LogP contribution in [0.4, 0.5) is 0 Å². The number of ether oxygens (including phenoxy) is 1. The fraction of sp³-hybridized carbons (Fsp3) is 0.900. The molecule has 1 aliphatic heterocycles. The minimum absolute atomic E-state index is 0.00652. The average Bonchev–Trinajstić information content (AvgIpc) is 2.45. The molecule has 12 heavy (non-hydrogen) atoms. The lowest BCUT2D eigenvalue weighted by Crippen LogP contribution is -2.19. The van der Waals surface area contributed by atoms with Crippen LogP contribution in [-0.2, 0) is 9.53 Å². The van der Waals surface area contributed by atoms with Crippen molar-refractivity contribution in [3.05, 3.63) is 0 Å².